The molecule has 0 spiro atoms. The van der Waals surface area contributed by atoms with Crippen LogP contribution < -0.4 is 10.5 Å². The summed E-state index contributed by atoms with van der Waals surface area (Å²) in [6.07, 6.45) is 1.41. The summed E-state index contributed by atoms with van der Waals surface area (Å²) in [7, 11) is -3.76. The average molecular weight is 180 g/mol. The van der Waals surface area contributed by atoms with Crippen LogP contribution in [0.15, 0.2) is 0 Å². The quantitative estimate of drug-likeness (QED) is 0.568. The van der Waals surface area contributed by atoms with Crippen molar-refractivity contribution in [1.82, 2.24) is 5.32 Å². The van der Waals surface area contributed by atoms with Crippen LogP contribution in [-0.2, 0) is 14.5 Å². The highest BCUT2D eigenvalue weighted by Crippen LogP contribution is 2.06. The third kappa shape index (κ3) is 3.66. The van der Waals surface area contributed by atoms with E-state index < -0.39 is 10.3 Å². The van der Waals surface area contributed by atoms with E-state index in [9.17, 15) is 8.42 Å². The van der Waals surface area contributed by atoms with E-state index in [0.29, 0.717) is 6.54 Å². The molecule has 0 bridgehead atoms. The van der Waals surface area contributed by atoms with Crippen LogP contribution >= 0.6 is 0 Å². The topological polar surface area (TPSA) is 81.4 Å². The minimum atomic E-state index is -3.76. The number of hydrogen-bond donors (Lipinski definition) is 2. The number of nitrogens with one attached hydrogen (secondary N) is 1. The molecule has 0 aromatic heterocycles. The first-order valence-electron chi connectivity index (χ1n) is 3.50. The molecule has 1 aliphatic heterocycles. The van der Waals surface area contributed by atoms with Gasteiger partial charge in [0.2, 0.25) is 0 Å². The van der Waals surface area contributed by atoms with Gasteiger partial charge in [0.15, 0.2) is 0 Å². The summed E-state index contributed by atoms with van der Waals surface area (Å²) in [4.78, 5) is 0. The highest BCUT2D eigenvalue weighted by molar-refractivity contribution is 7.84. The maximum Gasteiger partial charge on any atom is 0.333 e. The number of piperidine rings is 1. The second-order valence-corrected chi connectivity index (χ2v) is 3.74. The number of hydrogen-bond acceptors (Lipinski definition) is 4. The first kappa shape index (κ1) is 8.92. The maximum absolute atomic E-state index is 10.4. The van der Waals surface area contributed by atoms with E-state index in [1.807, 2.05) is 0 Å². The maximum atomic E-state index is 10.4. The molecule has 1 fully saturated rings. The van der Waals surface area contributed by atoms with Crippen LogP contribution in [-0.4, -0.2) is 27.6 Å². The molecular formula is C5H12N2O3S. The third-order valence-electron chi connectivity index (χ3n) is 1.52. The van der Waals surface area contributed by atoms with Gasteiger partial charge in [-0.05, 0) is 19.4 Å². The van der Waals surface area contributed by atoms with Gasteiger partial charge in [-0.3, -0.25) is 4.18 Å². The average Bonchev–Trinajstić information content (AvgIpc) is 1.85. The molecule has 0 aliphatic carbocycles. The summed E-state index contributed by atoms with van der Waals surface area (Å²) >= 11 is 0. The molecule has 66 valence electrons. The van der Waals surface area contributed by atoms with Crippen molar-refractivity contribution in [3.63, 3.8) is 0 Å². The van der Waals surface area contributed by atoms with Crippen molar-refractivity contribution in [3.8, 4) is 0 Å². The van der Waals surface area contributed by atoms with E-state index >= 15 is 0 Å². The number of nitrogens with two attached hydrogens (primary N) is 1. The lowest BCUT2D eigenvalue weighted by molar-refractivity contribution is 0.174. The molecule has 6 heteroatoms. The van der Waals surface area contributed by atoms with E-state index in [1.54, 1.807) is 0 Å². The van der Waals surface area contributed by atoms with Gasteiger partial charge in [-0.1, -0.05) is 0 Å². The van der Waals surface area contributed by atoms with Gasteiger partial charge in [-0.15, -0.1) is 0 Å². The molecule has 0 amide bonds. The van der Waals surface area contributed by atoms with Gasteiger partial charge >= 0.3 is 10.3 Å². The molecule has 1 rings (SSSR count). The zero-order valence-electron chi connectivity index (χ0n) is 6.12. The summed E-state index contributed by atoms with van der Waals surface area (Å²) < 4.78 is 25.4. The zero-order chi connectivity index (χ0) is 8.32. The molecule has 1 aliphatic rings. The second-order valence-electron chi connectivity index (χ2n) is 2.56. The van der Waals surface area contributed by atoms with E-state index in [4.69, 9.17) is 0 Å². The second kappa shape index (κ2) is 3.48. The summed E-state index contributed by atoms with van der Waals surface area (Å²) in [6, 6.07) is 0. The van der Waals surface area contributed by atoms with E-state index in [1.165, 1.54) is 0 Å². The largest absolute Gasteiger partial charge is 0.333 e. The molecular weight excluding hydrogens is 168 g/mol. The number of rotatable bonds is 2. The minimum absolute atomic E-state index is 0.279. The molecule has 1 unspecified atom stereocenters. The van der Waals surface area contributed by atoms with Gasteiger partial charge in [0, 0.05) is 6.54 Å². The lowest BCUT2D eigenvalue weighted by Crippen LogP contribution is -2.38. The van der Waals surface area contributed by atoms with Crippen LogP contribution in [0.2, 0.25) is 0 Å². The molecule has 3 N–H and O–H groups in total. The van der Waals surface area contributed by atoms with Crippen molar-refractivity contribution >= 4 is 10.3 Å². The Morgan fingerprint density at radius 1 is 1.55 bits per heavy atom. The minimum Gasteiger partial charge on any atom is -0.314 e. The van der Waals surface area contributed by atoms with Crippen molar-refractivity contribution < 1.29 is 12.6 Å². The first-order chi connectivity index (χ1) is 5.08. The molecule has 0 aromatic rings. The summed E-state index contributed by atoms with van der Waals surface area (Å²) in [5.41, 5.74) is 0. The van der Waals surface area contributed by atoms with E-state index in [0.717, 1.165) is 19.4 Å². The monoisotopic (exact) mass is 180 g/mol. The van der Waals surface area contributed by atoms with Crippen LogP contribution in [0.3, 0.4) is 0 Å². The highest BCUT2D eigenvalue weighted by atomic mass is 32.2. The van der Waals surface area contributed by atoms with Crippen molar-refractivity contribution in [1.29, 1.82) is 0 Å². The molecule has 0 radical (unpaired) electrons. The first-order valence-corrected chi connectivity index (χ1v) is 4.97. The standard InChI is InChI=1S/C5H12N2O3S/c6-11(8,9)10-5-2-1-3-7-4-5/h5,7H,1-4H2,(H2,6,8,9). The predicted molar refractivity (Wildman–Crippen MR) is 40.1 cm³/mol. The van der Waals surface area contributed by atoms with Crippen molar-refractivity contribution in [2.45, 2.75) is 18.9 Å². The van der Waals surface area contributed by atoms with Gasteiger partial charge in [0.05, 0.1) is 6.10 Å². The fourth-order valence-electron chi connectivity index (χ4n) is 1.09. The van der Waals surface area contributed by atoms with Gasteiger partial charge < -0.3 is 5.32 Å². The molecule has 5 nitrogen and oxygen atoms in total. The molecule has 1 saturated heterocycles. The Kier molecular flexibility index (Phi) is 2.83. The van der Waals surface area contributed by atoms with Crippen molar-refractivity contribution in [2.24, 2.45) is 5.14 Å². The molecule has 0 aromatic carbocycles. The summed E-state index contributed by atoms with van der Waals surface area (Å²) in [5, 5.41) is 7.70. The normalized spacial score (nSPS) is 26.8. The van der Waals surface area contributed by atoms with E-state index in [-0.39, 0.29) is 6.10 Å². The van der Waals surface area contributed by atoms with Crippen molar-refractivity contribution in [2.75, 3.05) is 13.1 Å². The summed E-state index contributed by atoms with van der Waals surface area (Å²) in [5.74, 6) is 0. The van der Waals surface area contributed by atoms with Gasteiger partial charge in [0.25, 0.3) is 0 Å². The fourth-order valence-corrected chi connectivity index (χ4v) is 1.64. The highest BCUT2D eigenvalue weighted by Gasteiger charge is 2.17. The summed E-state index contributed by atoms with van der Waals surface area (Å²) in [6.45, 7) is 1.49. The molecule has 1 atom stereocenters. The van der Waals surface area contributed by atoms with Crippen molar-refractivity contribution in [3.05, 3.63) is 0 Å². The van der Waals surface area contributed by atoms with Crippen LogP contribution in [0.5, 0.6) is 0 Å². The molecule has 11 heavy (non-hydrogen) atoms. The zero-order valence-corrected chi connectivity index (χ0v) is 6.93. The van der Waals surface area contributed by atoms with Crippen LogP contribution in [0.4, 0.5) is 0 Å². The Bertz CT molecular complexity index is 208. The lowest BCUT2D eigenvalue weighted by atomic mass is 10.1. The predicted octanol–water partition coefficient (Wildman–Crippen LogP) is -1.04. The SMILES string of the molecule is NS(=O)(=O)OC1CCCNC1. The smallest absolute Gasteiger partial charge is 0.314 e. The van der Waals surface area contributed by atoms with E-state index in [2.05, 4.69) is 14.6 Å². The Hall–Kier alpha value is -0.170. The van der Waals surface area contributed by atoms with Gasteiger partial charge in [0.1, 0.15) is 0 Å². The Labute approximate surface area is 66.2 Å². The van der Waals surface area contributed by atoms with Crippen LogP contribution in [0.1, 0.15) is 12.8 Å². The Balaban J connectivity index is 2.36. The Morgan fingerprint density at radius 2 is 2.27 bits per heavy atom. The van der Waals surface area contributed by atoms with Crippen LogP contribution in [0, 0.1) is 0 Å². The van der Waals surface area contributed by atoms with Gasteiger partial charge in [-0.25, -0.2) is 5.14 Å². The fraction of sp³-hybridized carbons (Fsp3) is 1.00. The Morgan fingerprint density at radius 3 is 2.73 bits per heavy atom. The van der Waals surface area contributed by atoms with Gasteiger partial charge in [-0.2, -0.15) is 8.42 Å². The molecule has 0 saturated carbocycles. The van der Waals surface area contributed by atoms with Crippen LogP contribution in [0.25, 0.3) is 0 Å². The lowest BCUT2D eigenvalue weighted by Gasteiger charge is -2.20. The third-order valence-corrected chi connectivity index (χ3v) is 2.06. The molecule has 1 heterocycles.